The molecule has 0 bridgehead atoms. The maximum atomic E-state index is 6.67. The van der Waals surface area contributed by atoms with Gasteiger partial charge in [0.15, 0.2) is 0 Å². The molecule has 3 fully saturated rings. The van der Waals surface area contributed by atoms with Gasteiger partial charge in [0.25, 0.3) is 0 Å². The summed E-state index contributed by atoms with van der Waals surface area (Å²) in [5.41, 5.74) is 0.500. The molecule has 1 spiro atoms. The summed E-state index contributed by atoms with van der Waals surface area (Å²) in [6, 6.07) is 0.744. The Morgan fingerprint density at radius 1 is 0.952 bits per heavy atom. The second kappa shape index (κ2) is 7.46. The summed E-state index contributed by atoms with van der Waals surface area (Å²) in [6.07, 6.45) is 19.0. The topological polar surface area (TPSA) is 21.3 Å². The van der Waals surface area contributed by atoms with E-state index in [1.807, 2.05) is 0 Å². The second-order valence-corrected chi connectivity index (χ2v) is 7.77. The minimum absolute atomic E-state index is 0.500. The zero-order valence-corrected chi connectivity index (χ0v) is 14.0. The van der Waals surface area contributed by atoms with E-state index in [4.69, 9.17) is 4.74 Å². The van der Waals surface area contributed by atoms with Crippen molar-refractivity contribution >= 4 is 0 Å². The van der Waals surface area contributed by atoms with Crippen LogP contribution < -0.4 is 5.32 Å². The van der Waals surface area contributed by atoms with Crippen LogP contribution in [0.4, 0.5) is 0 Å². The van der Waals surface area contributed by atoms with Crippen molar-refractivity contribution in [3.05, 3.63) is 0 Å². The molecule has 2 nitrogen and oxygen atoms in total. The Hall–Kier alpha value is -0.0800. The SMILES string of the molecule is CCCNC1CC(OC2CCCCCC2)C12CCCCC2. The van der Waals surface area contributed by atoms with Gasteiger partial charge in [-0.05, 0) is 45.1 Å². The van der Waals surface area contributed by atoms with Crippen molar-refractivity contribution in [2.24, 2.45) is 5.41 Å². The van der Waals surface area contributed by atoms with Crippen LogP contribution in [0.25, 0.3) is 0 Å². The number of hydrogen-bond acceptors (Lipinski definition) is 2. The Labute approximate surface area is 131 Å². The summed E-state index contributed by atoms with van der Waals surface area (Å²) in [7, 11) is 0. The maximum Gasteiger partial charge on any atom is 0.0665 e. The van der Waals surface area contributed by atoms with E-state index in [9.17, 15) is 0 Å². The molecule has 0 aromatic carbocycles. The first-order valence-corrected chi connectivity index (χ1v) is 9.74. The van der Waals surface area contributed by atoms with Gasteiger partial charge in [0.2, 0.25) is 0 Å². The number of rotatable bonds is 5. The van der Waals surface area contributed by atoms with Crippen molar-refractivity contribution in [3.63, 3.8) is 0 Å². The van der Waals surface area contributed by atoms with Crippen molar-refractivity contribution in [1.29, 1.82) is 0 Å². The van der Waals surface area contributed by atoms with Crippen LogP contribution in [0.15, 0.2) is 0 Å². The van der Waals surface area contributed by atoms with Gasteiger partial charge < -0.3 is 10.1 Å². The fraction of sp³-hybridized carbons (Fsp3) is 1.00. The van der Waals surface area contributed by atoms with E-state index in [2.05, 4.69) is 12.2 Å². The van der Waals surface area contributed by atoms with Crippen molar-refractivity contribution in [1.82, 2.24) is 5.32 Å². The van der Waals surface area contributed by atoms with Crippen LogP contribution in [-0.4, -0.2) is 24.8 Å². The van der Waals surface area contributed by atoms with Gasteiger partial charge >= 0.3 is 0 Å². The van der Waals surface area contributed by atoms with Crippen molar-refractivity contribution in [2.45, 2.75) is 109 Å². The molecule has 0 aromatic heterocycles. The van der Waals surface area contributed by atoms with Crippen LogP contribution in [-0.2, 0) is 4.74 Å². The van der Waals surface area contributed by atoms with Gasteiger partial charge in [-0.15, -0.1) is 0 Å². The van der Waals surface area contributed by atoms with Crippen LogP contribution in [0.3, 0.4) is 0 Å². The van der Waals surface area contributed by atoms with Gasteiger partial charge in [-0.25, -0.2) is 0 Å². The lowest BCUT2D eigenvalue weighted by Gasteiger charge is -2.58. The number of nitrogens with one attached hydrogen (secondary N) is 1. The normalized spacial score (nSPS) is 33.6. The third-order valence-electron chi connectivity index (χ3n) is 6.37. The monoisotopic (exact) mass is 293 g/mol. The molecule has 2 heteroatoms. The van der Waals surface area contributed by atoms with Gasteiger partial charge in [0, 0.05) is 11.5 Å². The first-order chi connectivity index (χ1) is 10.3. The van der Waals surface area contributed by atoms with Crippen LogP contribution in [0, 0.1) is 5.41 Å². The Morgan fingerprint density at radius 2 is 1.62 bits per heavy atom. The molecule has 1 N–H and O–H groups in total. The molecule has 0 saturated heterocycles. The molecule has 0 aliphatic heterocycles. The molecule has 2 atom stereocenters. The molecular formula is C19H35NO. The quantitative estimate of drug-likeness (QED) is 0.734. The molecule has 21 heavy (non-hydrogen) atoms. The summed E-state index contributed by atoms with van der Waals surface area (Å²) in [5.74, 6) is 0. The van der Waals surface area contributed by atoms with Crippen molar-refractivity contribution in [3.8, 4) is 0 Å². The second-order valence-electron chi connectivity index (χ2n) is 7.77. The molecule has 122 valence electrons. The highest BCUT2D eigenvalue weighted by molar-refractivity contribution is 5.09. The lowest BCUT2D eigenvalue weighted by atomic mass is 9.55. The van der Waals surface area contributed by atoms with Crippen molar-refractivity contribution in [2.75, 3.05) is 6.54 Å². The van der Waals surface area contributed by atoms with Crippen LogP contribution in [0.2, 0.25) is 0 Å². The van der Waals surface area contributed by atoms with Crippen LogP contribution in [0.1, 0.15) is 90.4 Å². The van der Waals surface area contributed by atoms with Crippen LogP contribution >= 0.6 is 0 Å². The smallest absolute Gasteiger partial charge is 0.0665 e. The van der Waals surface area contributed by atoms with E-state index in [0.717, 1.165) is 6.04 Å². The fourth-order valence-electron chi connectivity index (χ4n) is 5.03. The third kappa shape index (κ3) is 3.47. The average Bonchev–Trinajstić information content (AvgIpc) is 2.79. The molecule has 3 aliphatic carbocycles. The molecule has 3 saturated carbocycles. The predicted molar refractivity (Wildman–Crippen MR) is 88.6 cm³/mol. The summed E-state index contributed by atoms with van der Waals surface area (Å²) in [6.45, 7) is 3.46. The predicted octanol–water partition coefficient (Wildman–Crippen LogP) is 4.82. The molecule has 0 aromatic rings. The summed E-state index contributed by atoms with van der Waals surface area (Å²) >= 11 is 0. The lowest BCUT2D eigenvalue weighted by molar-refractivity contribution is -0.178. The highest BCUT2D eigenvalue weighted by Crippen LogP contribution is 2.54. The summed E-state index contributed by atoms with van der Waals surface area (Å²) in [4.78, 5) is 0. The molecule has 0 heterocycles. The van der Waals surface area contributed by atoms with Gasteiger partial charge in [-0.1, -0.05) is 51.9 Å². The van der Waals surface area contributed by atoms with E-state index in [0.29, 0.717) is 17.6 Å². The number of hydrogen-bond donors (Lipinski definition) is 1. The minimum Gasteiger partial charge on any atom is -0.374 e. The molecule has 0 amide bonds. The zero-order valence-electron chi connectivity index (χ0n) is 14.0. The van der Waals surface area contributed by atoms with E-state index < -0.39 is 0 Å². The summed E-state index contributed by atoms with van der Waals surface area (Å²) < 4.78 is 6.67. The van der Waals surface area contributed by atoms with E-state index in [-0.39, 0.29) is 0 Å². The van der Waals surface area contributed by atoms with E-state index in [1.54, 1.807) is 0 Å². The zero-order chi connectivity index (χ0) is 14.5. The van der Waals surface area contributed by atoms with Gasteiger partial charge in [-0.2, -0.15) is 0 Å². The van der Waals surface area contributed by atoms with Crippen molar-refractivity contribution < 1.29 is 4.74 Å². The highest BCUT2D eigenvalue weighted by atomic mass is 16.5. The largest absolute Gasteiger partial charge is 0.374 e. The lowest BCUT2D eigenvalue weighted by Crippen LogP contribution is -2.65. The molecule has 3 aliphatic rings. The average molecular weight is 293 g/mol. The van der Waals surface area contributed by atoms with Crippen LogP contribution in [0.5, 0.6) is 0 Å². The van der Waals surface area contributed by atoms with Gasteiger partial charge in [0.05, 0.1) is 12.2 Å². The molecule has 2 unspecified atom stereocenters. The molecule has 3 rings (SSSR count). The Morgan fingerprint density at radius 3 is 2.29 bits per heavy atom. The highest BCUT2D eigenvalue weighted by Gasteiger charge is 2.55. The Bertz CT molecular complexity index is 303. The standard InChI is InChI=1S/C19H35NO/c1-2-14-20-17-15-18(19(17)12-8-5-9-13-19)21-16-10-6-3-4-7-11-16/h16-18,20H,2-15H2,1H3. The maximum absolute atomic E-state index is 6.67. The first kappa shape index (κ1) is 15.8. The third-order valence-corrected chi connectivity index (χ3v) is 6.37. The molecule has 0 radical (unpaired) electrons. The summed E-state index contributed by atoms with van der Waals surface area (Å²) in [5, 5.41) is 3.83. The van der Waals surface area contributed by atoms with Gasteiger partial charge in [0.1, 0.15) is 0 Å². The first-order valence-electron chi connectivity index (χ1n) is 9.74. The molecular weight excluding hydrogens is 258 g/mol. The number of ether oxygens (including phenoxy) is 1. The van der Waals surface area contributed by atoms with Gasteiger partial charge in [-0.3, -0.25) is 0 Å². The fourth-order valence-corrected chi connectivity index (χ4v) is 5.03. The minimum atomic E-state index is 0.500. The Kier molecular flexibility index (Phi) is 5.61. The Balaban J connectivity index is 1.58. The van der Waals surface area contributed by atoms with E-state index >= 15 is 0 Å². The van der Waals surface area contributed by atoms with E-state index in [1.165, 1.54) is 90.0 Å².